The Morgan fingerprint density at radius 3 is 2.51 bits per heavy atom. The van der Waals surface area contributed by atoms with Crippen molar-refractivity contribution in [3.63, 3.8) is 0 Å². The van der Waals surface area contributed by atoms with Crippen LogP contribution in [-0.2, 0) is 22.4 Å². The number of halogens is 1. The lowest BCUT2D eigenvalue weighted by atomic mass is 10.1. The highest BCUT2D eigenvalue weighted by molar-refractivity contribution is 8.22. The van der Waals surface area contributed by atoms with Crippen molar-refractivity contribution < 1.29 is 23.6 Å². The highest BCUT2D eigenvalue weighted by atomic mass is 35.5. The first-order chi connectivity index (χ1) is 19.6. The quantitative estimate of drug-likeness (QED) is 0.166. The fourth-order valence-electron chi connectivity index (χ4n) is 4.30. The standard InChI is InChI=1S/C28H24ClN4O5PS2/c1-38-22-10-4-9-21-25(22)26(32-41(37,39)24-12-11-23(29)40-24)31-33(21)16-18-6-2-5-17(13-18)15-30-27(34)19-7-3-8-20(14-19)28(35)36/h2-14,39H,15-16H2,1H3,(H,30,34)(H,35,36)(H,31,32,37)/p+1. The highest BCUT2D eigenvalue weighted by Crippen LogP contribution is 2.36. The van der Waals surface area contributed by atoms with Gasteiger partial charge in [-0.1, -0.05) is 48.0 Å². The SMILES string of the molecule is COc1cccc2c1c(NS(=O)(=[PH2+])c1ccc(Cl)s1)nn2Cc1cccc(CNC(=O)c2cccc(C(=O)O)c2)c1. The van der Waals surface area contributed by atoms with E-state index in [2.05, 4.69) is 18.1 Å². The lowest BCUT2D eigenvalue weighted by Crippen LogP contribution is -2.23. The van der Waals surface area contributed by atoms with E-state index >= 15 is 0 Å². The summed E-state index contributed by atoms with van der Waals surface area (Å²) in [7, 11) is 1.18. The van der Waals surface area contributed by atoms with E-state index in [-0.39, 0.29) is 23.6 Å². The minimum atomic E-state index is -2.77. The maximum atomic E-state index is 13.6. The van der Waals surface area contributed by atoms with Crippen LogP contribution in [0.25, 0.3) is 10.9 Å². The van der Waals surface area contributed by atoms with Gasteiger partial charge >= 0.3 is 5.97 Å². The summed E-state index contributed by atoms with van der Waals surface area (Å²) in [5, 5.41) is 17.5. The number of carboxylic acids is 1. The molecule has 3 N–H and O–H groups in total. The third kappa shape index (κ3) is 6.39. The van der Waals surface area contributed by atoms with Gasteiger partial charge in [0, 0.05) is 12.1 Å². The average Bonchev–Trinajstić information content (AvgIpc) is 3.55. The van der Waals surface area contributed by atoms with E-state index in [1.54, 1.807) is 30.0 Å². The molecule has 3 aromatic carbocycles. The van der Waals surface area contributed by atoms with E-state index in [1.165, 1.54) is 29.5 Å². The number of carbonyl (C=O) groups is 2. The second-order valence-electron chi connectivity index (χ2n) is 9.01. The van der Waals surface area contributed by atoms with E-state index in [4.69, 9.17) is 21.4 Å². The second-order valence-corrected chi connectivity index (χ2v) is 14.8. The summed E-state index contributed by atoms with van der Waals surface area (Å²) in [6, 6.07) is 22.6. The Kier molecular flexibility index (Phi) is 8.32. The van der Waals surface area contributed by atoms with Crippen molar-refractivity contribution in [1.29, 1.82) is 0 Å². The molecule has 2 aromatic heterocycles. The molecule has 0 saturated carbocycles. The van der Waals surface area contributed by atoms with E-state index in [0.717, 1.165) is 16.6 Å². The molecular weight excluding hydrogens is 603 g/mol. The molecule has 2 heterocycles. The number of carbonyl (C=O) groups excluding carboxylic acids is 1. The number of methoxy groups -OCH3 is 1. The van der Waals surface area contributed by atoms with Gasteiger partial charge < -0.3 is 15.2 Å². The molecule has 1 amide bonds. The molecule has 210 valence electrons. The van der Waals surface area contributed by atoms with Gasteiger partial charge in [-0.25, -0.2) is 4.79 Å². The molecule has 2 unspecified atom stereocenters. The van der Waals surface area contributed by atoms with Crippen molar-refractivity contribution >= 4 is 68.8 Å². The minimum Gasteiger partial charge on any atom is -0.496 e. The van der Waals surface area contributed by atoms with Crippen LogP contribution in [0.15, 0.2) is 83.1 Å². The minimum absolute atomic E-state index is 0.0493. The molecular formula is C28H25ClN4O5PS2+. The number of amides is 1. The average molecular weight is 628 g/mol. The number of nitrogens with one attached hydrogen (secondary N) is 2. The zero-order valence-electron chi connectivity index (χ0n) is 21.7. The number of aromatic nitrogens is 2. The van der Waals surface area contributed by atoms with Crippen molar-refractivity contribution in [2.75, 3.05) is 11.8 Å². The van der Waals surface area contributed by atoms with Gasteiger partial charge in [0.15, 0.2) is 5.82 Å². The number of benzene rings is 3. The van der Waals surface area contributed by atoms with Crippen molar-refractivity contribution in [2.24, 2.45) is 0 Å². The Balaban J connectivity index is 1.38. The Labute approximate surface area is 247 Å². The smallest absolute Gasteiger partial charge is 0.335 e. The van der Waals surface area contributed by atoms with Crippen LogP contribution in [0.3, 0.4) is 0 Å². The molecule has 41 heavy (non-hydrogen) atoms. The van der Waals surface area contributed by atoms with E-state index < -0.39 is 15.3 Å². The largest absolute Gasteiger partial charge is 0.496 e. The number of thiophene rings is 1. The van der Waals surface area contributed by atoms with Crippen molar-refractivity contribution in [3.05, 3.63) is 105 Å². The molecule has 9 nitrogen and oxygen atoms in total. The molecule has 5 aromatic rings. The van der Waals surface area contributed by atoms with Gasteiger partial charge in [0.05, 0.1) is 34.5 Å². The Bertz CT molecular complexity index is 1890. The van der Waals surface area contributed by atoms with Crippen molar-refractivity contribution in [1.82, 2.24) is 15.1 Å². The number of ether oxygens (including phenoxy) is 1. The molecule has 0 aliphatic rings. The number of rotatable bonds is 10. The molecule has 0 saturated heterocycles. The molecule has 0 bridgehead atoms. The van der Waals surface area contributed by atoms with Crippen LogP contribution in [0.1, 0.15) is 31.8 Å². The molecule has 0 spiro atoms. The summed E-state index contributed by atoms with van der Waals surface area (Å²) >= 11 is 7.31. The maximum absolute atomic E-state index is 13.6. The van der Waals surface area contributed by atoms with Gasteiger partial charge in [0.2, 0.25) is 9.30 Å². The first-order valence-corrected chi connectivity index (χ1v) is 16.5. The summed E-state index contributed by atoms with van der Waals surface area (Å²) in [6.45, 7) is 0.652. The number of fused-ring (bicyclic) bond motifs is 1. The van der Waals surface area contributed by atoms with Crippen molar-refractivity contribution in [2.45, 2.75) is 17.3 Å². The second kappa shape index (κ2) is 11.9. The highest BCUT2D eigenvalue weighted by Gasteiger charge is 2.23. The van der Waals surface area contributed by atoms with Crippen LogP contribution < -0.4 is 14.8 Å². The molecule has 2 atom stereocenters. The summed E-state index contributed by atoms with van der Waals surface area (Å²) in [5.41, 5.74) is 2.90. The van der Waals surface area contributed by atoms with Gasteiger partial charge in [-0.05, 0) is 53.6 Å². The first-order valence-electron chi connectivity index (χ1n) is 12.2. The fourth-order valence-corrected chi connectivity index (χ4v) is 7.91. The molecule has 5 rings (SSSR count). The Morgan fingerprint density at radius 2 is 1.78 bits per heavy atom. The van der Waals surface area contributed by atoms with E-state index in [9.17, 15) is 18.9 Å². The summed E-state index contributed by atoms with van der Waals surface area (Å²) < 4.78 is 25.2. The van der Waals surface area contributed by atoms with Gasteiger partial charge in [-0.2, -0.15) is 9.31 Å². The lowest BCUT2D eigenvalue weighted by molar-refractivity contribution is 0.0697. The Hall–Kier alpha value is -3.89. The third-order valence-corrected chi connectivity index (χ3v) is 11.1. The van der Waals surface area contributed by atoms with E-state index in [0.29, 0.717) is 32.0 Å². The third-order valence-electron chi connectivity index (χ3n) is 6.20. The van der Waals surface area contributed by atoms with Crippen LogP contribution in [0.4, 0.5) is 5.82 Å². The van der Waals surface area contributed by atoms with Crippen LogP contribution in [-0.4, -0.2) is 38.1 Å². The topological polar surface area (TPSA) is 123 Å². The first kappa shape index (κ1) is 28.6. The zero-order valence-corrected chi connectivity index (χ0v) is 25.2. The Morgan fingerprint density at radius 1 is 1.05 bits per heavy atom. The number of hydrogen-bond donors (Lipinski definition) is 3. The van der Waals surface area contributed by atoms with Gasteiger partial charge in [0.25, 0.3) is 5.91 Å². The molecule has 0 aliphatic heterocycles. The molecule has 0 fully saturated rings. The number of hydrogen-bond acceptors (Lipinski definition) is 6. The molecule has 13 heteroatoms. The van der Waals surface area contributed by atoms with Gasteiger partial charge in [-0.3, -0.25) is 14.2 Å². The number of carboxylic acid groups (broad SMARTS) is 1. The number of aromatic carboxylic acids is 1. The summed E-state index contributed by atoms with van der Waals surface area (Å²) in [5.74, 6) is -0.462. The number of nitrogens with zero attached hydrogens (tertiary/aromatic N) is 2. The van der Waals surface area contributed by atoms with E-state index in [1.807, 2.05) is 42.5 Å². The maximum Gasteiger partial charge on any atom is 0.335 e. The van der Waals surface area contributed by atoms with Crippen LogP contribution in [0.5, 0.6) is 5.75 Å². The predicted molar refractivity (Wildman–Crippen MR) is 165 cm³/mol. The van der Waals surface area contributed by atoms with Gasteiger partial charge in [-0.15, -0.1) is 11.3 Å². The summed E-state index contributed by atoms with van der Waals surface area (Å²) in [6.07, 6.45) is 0. The van der Waals surface area contributed by atoms with Crippen LogP contribution in [0, 0.1) is 0 Å². The number of anilines is 1. The normalized spacial score (nSPS) is 12.5. The molecule has 0 radical (unpaired) electrons. The van der Waals surface area contributed by atoms with Crippen molar-refractivity contribution in [3.8, 4) is 5.75 Å². The van der Waals surface area contributed by atoms with Crippen LogP contribution in [0.2, 0.25) is 4.34 Å². The van der Waals surface area contributed by atoms with Gasteiger partial charge in [0.1, 0.15) is 18.0 Å². The molecule has 0 aliphatic carbocycles. The fraction of sp³-hybridized carbons (Fsp3) is 0.107. The monoisotopic (exact) mass is 627 g/mol. The predicted octanol–water partition coefficient (Wildman–Crippen LogP) is 5.90. The lowest BCUT2D eigenvalue weighted by Gasteiger charge is -2.09. The zero-order chi connectivity index (χ0) is 29.1. The summed E-state index contributed by atoms with van der Waals surface area (Å²) in [4.78, 5) is 23.9. The van der Waals surface area contributed by atoms with Crippen LogP contribution >= 0.6 is 31.0 Å².